The molecule has 0 saturated heterocycles. The van der Waals surface area contributed by atoms with Gasteiger partial charge in [-0.25, -0.2) is 0 Å². The Labute approximate surface area is 151 Å². The zero-order valence-electron chi connectivity index (χ0n) is 13.0. The molecule has 0 unspecified atom stereocenters. The number of benzene rings is 1. The van der Waals surface area contributed by atoms with E-state index < -0.39 is 17.8 Å². The average molecular weight is 392 g/mol. The highest BCUT2D eigenvalue weighted by Crippen LogP contribution is 2.36. The van der Waals surface area contributed by atoms with Crippen LogP contribution in [0.25, 0.3) is 0 Å². The quantitative estimate of drug-likeness (QED) is 0.822. The SMILES string of the molecule is O=C(Cn1nc(C(F)(F)F)c2c1CCCC2)Nc1cccc(Cl)c1Cl. The molecule has 1 aliphatic carbocycles. The van der Waals surface area contributed by atoms with Crippen molar-refractivity contribution in [2.45, 2.75) is 38.4 Å². The molecule has 2 aromatic rings. The van der Waals surface area contributed by atoms with Crippen LogP contribution in [-0.4, -0.2) is 15.7 Å². The Kier molecular flexibility index (Phi) is 4.97. The van der Waals surface area contributed by atoms with E-state index in [1.807, 2.05) is 0 Å². The van der Waals surface area contributed by atoms with Crippen LogP contribution in [0.3, 0.4) is 0 Å². The van der Waals surface area contributed by atoms with Crippen LogP contribution in [0.2, 0.25) is 10.0 Å². The number of fused-ring (bicyclic) bond motifs is 1. The molecule has 1 aromatic carbocycles. The van der Waals surface area contributed by atoms with Gasteiger partial charge in [0.15, 0.2) is 5.69 Å². The lowest BCUT2D eigenvalue weighted by atomic mass is 9.95. The zero-order chi connectivity index (χ0) is 18.2. The predicted octanol–water partition coefficient (Wildman–Crippen LogP) is 4.73. The number of carbonyl (C=O) groups excluding carboxylic acids is 1. The van der Waals surface area contributed by atoms with E-state index in [1.54, 1.807) is 18.2 Å². The third-order valence-corrected chi connectivity index (χ3v) is 4.86. The first-order valence-corrected chi connectivity index (χ1v) is 8.42. The monoisotopic (exact) mass is 391 g/mol. The fraction of sp³-hybridized carbons (Fsp3) is 0.375. The number of alkyl halides is 3. The van der Waals surface area contributed by atoms with Crippen LogP contribution >= 0.6 is 23.2 Å². The number of rotatable bonds is 3. The molecule has 0 saturated carbocycles. The minimum atomic E-state index is -4.53. The molecular formula is C16H14Cl2F3N3O. The number of amides is 1. The molecule has 9 heteroatoms. The maximum atomic E-state index is 13.2. The molecule has 4 nitrogen and oxygen atoms in total. The van der Waals surface area contributed by atoms with E-state index >= 15 is 0 Å². The van der Waals surface area contributed by atoms with Crippen molar-refractivity contribution in [3.8, 4) is 0 Å². The van der Waals surface area contributed by atoms with E-state index in [0.29, 0.717) is 30.6 Å². The van der Waals surface area contributed by atoms with Gasteiger partial charge in [-0.1, -0.05) is 29.3 Å². The lowest BCUT2D eigenvalue weighted by molar-refractivity contribution is -0.142. The highest BCUT2D eigenvalue weighted by atomic mass is 35.5. The summed E-state index contributed by atoms with van der Waals surface area (Å²) in [5, 5.41) is 6.66. The Bertz CT molecular complexity index is 818. The normalized spacial score (nSPS) is 14.3. The van der Waals surface area contributed by atoms with Crippen molar-refractivity contribution in [2.75, 3.05) is 5.32 Å². The van der Waals surface area contributed by atoms with E-state index in [2.05, 4.69) is 10.4 Å². The molecule has 25 heavy (non-hydrogen) atoms. The summed E-state index contributed by atoms with van der Waals surface area (Å²) in [7, 11) is 0. The highest BCUT2D eigenvalue weighted by molar-refractivity contribution is 6.43. The van der Waals surface area contributed by atoms with Crippen molar-refractivity contribution in [1.82, 2.24) is 9.78 Å². The third-order valence-electron chi connectivity index (χ3n) is 4.04. The van der Waals surface area contributed by atoms with E-state index in [1.165, 1.54) is 0 Å². The molecule has 0 radical (unpaired) electrons. The van der Waals surface area contributed by atoms with Crippen molar-refractivity contribution in [3.63, 3.8) is 0 Å². The summed E-state index contributed by atoms with van der Waals surface area (Å²) >= 11 is 11.9. The lowest BCUT2D eigenvalue weighted by Gasteiger charge is -2.15. The second-order valence-corrected chi connectivity index (χ2v) is 6.57. The minimum Gasteiger partial charge on any atom is -0.323 e. The fourth-order valence-electron chi connectivity index (χ4n) is 2.96. The second-order valence-electron chi connectivity index (χ2n) is 5.79. The topological polar surface area (TPSA) is 46.9 Å². The molecule has 1 amide bonds. The van der Waals surface area contributed by atoms with Gasteiger partial charge in [0.2, 0.25) is 5.91 Å². The number of hydrogen-bond donors (Lipinski definition) is 1. The van der Waals surface area contributed by atoms with Gasteiger partial charge < -0.3 is 5.32 Å². The molecule has 1 heterocycles. The molecule has 3 rings (SSSR count). The summed E-state index contributed by atoms with van der Waals surface area (Å²) < 4.78 is 40.6. The van der Waals surface area contributed by atoms with Crippen molar-refractivity contribution in [1.29, 1.82) is 0 Å². The summed E-state index contributed by atoms with van der Waals surface area (Å²) in [5.74, 6) is -0.520. The van der Waals surface area contributed by atoms with Gasteiger partial charge in [-0.2, -0.15) is 18.3 Å². The van der Waals surface area contributed by atoms with Crippen molar-refractivity contribution in [3.05, 3.63) is 45.2 Å². The van der Waals surface area contributed by atoms with Gasteiger partial charge in [0.25, 0.3) is 0 Å². The average Bonchev–Trinajstić information content (AvgIpc) is 2.91. The lowest BCUT2D eigenvalue weighted by Crippen LogP contribution is -2.22. The fourth-order valence-corrected chi connectivity index (χ4v) is 3.30. The third kappa shape index (κ3) is 3.77. The maximum absolute atomic E-state index is 13.2. The number of anilines is 1. The molecule has 0 atom stereocenters. The van der Waals surface area contributed by atoms with Crippen LogP contribution < -0.4 is 5.32 Å². The van der Waals surface area contributed by atoms with Crippen LogP contribution in [0.1, 0.15) is 29.8 Å². The number of hydrogen-bond acceptors (Lipinski definition) is 2. The molecule has 0 aliphatic heterocycles. The first-order valence-electron chi connectivity index (χ1n) is 7.67. The van der Waals surface area contributed by atoms with E-state index in [0.717, 1.165) is 11.1 Å². The minimum absolute atomic E-state index is 0.177. The zero-order valence-corrected chi connectivity index (χ0v) is 14.5. The molecule has 0 spiro atoms. The van der Waals surface area contributed by atoms with Crippen LogP contribution in [0, 0.1) is 0 Å². The molecule has 0 bridgehead atoms. The van der Waals surface area contributed by atoms with Gasteiger partial charge in [-0.3, -0.25) is 9.48 Å². The smallest absolute Gasteiger partial charge is 0.323 e. The van der Waals surface area contributed by atoms with Crippen LogP contribution in [0.4, 0.5) is 18.9 Å². The number of nitrogens with one attached hydrogen (secondary N) is 1. The molecular weight excluding hydrogens is 378 g/mol. The van der Waals surface area contributed by atoms with Gasteiger partial charge in [0.1, 0.15) is 6.54 Å². The van der Waals surface area contributed by atoms with Crippen molar-refractivity contribution in [2.24, 2.45) is 0 Å². The molecule has 1 aromatic heterocycles. The number of carbonyl (C=O) groups is 1. The molecule has 134 valence electrons. The maximum Gasteiger partial charge on any atom is 0.435 e. The number of halogens is 5. The molecule has 0 fully saturated rings. The van der Waals surface area contributed by atoms with E-state index in [9.17, 15) is 18.0 Å². The van der Waals surface area contributed by atoms with Crippen molar-refractivity contribution >= 4 is 34.8 Å². The summed E-state index contributed by atoms with van der Waals surface area (Å²) in [5.41, 5.74) is 0.0882. The predicted molar refractivity (Wildman–Crippen MR) is 89.0 cm³/mol. The second kappa shape index (κ2) is 6.88. The largest absolute Gasteiger partial charge is 0.435 e. The molecule has 1 aliphatic rings. The van der Waals surface area contributed by atoms with Gasteiger partial charge in [0.05, 0.1) is 15.7 Å². The van der Waals surface area contributed by atoms with Gasteiger partial charge in [-0.05, 0) is 37.8 Å². The Morgan fingerprint density at radius 2 is 1.96 bits per heavy atom. The van der Waals surface area contributed by atoms with Crippen LogP contribution in [0.5, 0.6) is 0 Å². The first kappa shape index (κ1) is 18.1. The first-order chi connectivity index (χ1) is 11.8. The van der Waals surface area contributed by atoms with Crippen LogP contribution in [-0.2, 0) is 30.4 Å². The summed E-state index contributed by atoms with van der Waals surface area (Å²) in [6.45, 7) is -0.318. The summed E-state index contributed by atoms with van der Waals surface area (Å²) in [4.78, 5) is 12.2. The Hall–Kier alpha value is -1.73. The van der Waals surface area contributed by atoms with Gasteiger partial charge in [-0.15, -0.1) is 0 Å². The number of aromatic nitrogens is 2. The summed E-state index contributed by atoms with van der Waals surface area (Å²) in [6.07, 6.45) is -2.27. The summed E-state index contributed by atoms with van der Waals surface area (Å²) in [6, 6.07) is 4.74. The van der Waals surface area contributed by atoms with Crippen molar-refractivity contribution < 1.29 is 18.0 Å². The van der Waals surface area contributed by atoms with E-state index in [4.69, 9.17) is 23.2 Å². The van der Waals surface area contributed by atoms with Crippen LogP contribution in [0.15, 0.2) is 18.2 Å². The van der Waals surface area contributed by atoms with E-state index in [-0.39, 0.29) is 22.2 Å². The molecule has 1 N–H and O–H groups in total. The Morgan fingerprint density at radius 1 is 1.24 bits per heavy atom. The Morgan fingerprint density at radius 3 is 2.68 bits per heavy atom. The standard InChI is InChI=1S/C16H14Cl2F3N3O/c17-10-5-3-6-11(14(10)18)22-13(25)8-24-12-7-2-1-4-9(12)15(23-24)16(19,20)21/h3,5-6H,1-2,4,7-8H2,(H,22,25). The Balaban J connectivity index is 1.84. The number of nitrogens with zero attached hydrogens (tertiary/aromatic N) is 2. The highest BCUT2D eigenvalue weighted by Gasteiger charge is 2.39. The van der Waals surface area contributed by atoms with Gasteiger partial charge >= 0.3 is 6.18 Å². The van der Waals surface area contributed by atoms with Gasteiger partial charge in [0, 0.05) is 11.3 Å².